The third-order valence-electron chi connectivity index (χ3n) is 5.16. The lowest BCUT2D eigenvalue weighted by Crippen LogP contribution is -2.38. The van der Waals surface area contributed by atoms with Crippen molar-refractivity contribution in [2.75, 3.05) is 51.9 Å². The number of nitrogens with zero attached hydrogens (tertiary/aromatic N) is 3. The molecule has 32 heavy (non-hydrogen) atoms. The van der Waals surface area contributed by atoms with Crippen molar-refractivity contribution in [1.29, 1.82) is 0 Å². The normalized spacial score (nSPS) is 14.7. The quantitative estimate of drug-likeness (QED) is 0.521. The van der Waals surface area contributed by atoms with Gasteiger partial charge in [0.1, 0.15) is 12.4 Å². The highest BCUT2D eigenvalue weighted by molar-refractivity contribution is 5.92. The molecule has 9 heteroatoms. The number of aromatic amines is 1. The summed E-state index contributed by atoms with van der Waals surface area (Å²) in [6.45, 7) is 10.7. The molecular formula is C23H31N5O4. The molecule has 2 N–H and O–H groups in total. The average molecular weight is 442 g/mol. The van der Waals surface area contributed by atoms with E-state index in [0.29, 0.717) is 35.6 Å². The summed E-state index contributed by atoms with van der Waals surface area (Å²) in [6.07, 6.45) is -0.0241. The number of fused-ring (bicyclic) bond motifs is 1. The summed E-state index contributed by atoms with van der Waals surface area (Å²) < 4.78 is 23.2. The van der Waals surface area contributed by atoms with E-state index in [0.717, 1.165) is 49.3 Å². The van der Waals surface area contributed by atoms with Crippen LogP contribution in [0.25, 0.3) is 10.8 Å². The molecule has 9 nitrogen and oxygen atoms in total. The van der Waals surface area contributed by atoms with Crippen LogP contribution in [-0.2, 0) is 4.74 Å². The Labute approximate surface area is 188 Å². The van der Waals surface area contributed by atoms with Crippen LogP contribution in [-0.4, -0.2) is 72.7 Å². The van der Waals surface area contributed by atoms with Crippen LogP contribution in [0.5, 0.6) is 17.4 Å². The van der Waals surface area contributed by atoms with Crippen LogP contribution in [0.4, 0.5) is 11.6 Å². The van der Waals surface area contributed by atoms with Gasteiger partial charge in [-0.3, -0.25) is 10.00 Å². The number of hydrogen-bond donors (Lipinski definition) is 2. The number of H-pyrrole nitrogens is 1. The second kappa shape index (κ2) is 10.1. The van der Waals surface area contributed by atoms with E-state index < -0.39 is 0 Å². The van der Waals surface area contributed by atoms with Crippen molar-refractivity contribution in [2.45, 2.75) is 26.9 Å². The lowest BCUT2D eigenvalue weighted by atomic mass is 10.1. The fraction of sp³-hybridized carbons (Fsp3) is 0.478. The molecule has 1 aromatic carbocycles. The Morgan fingerprint density at radius 2 is 1.94 bits per heavy atom. The molecule has 0 saturated carbocycles. The van der Waals surface area contributed by atoms with Gasteiger partial charge in [-0.05, 0) is 44.4 Å². The Morgan fingerprint density at radius 1 is 1.12 bits per heavy atom. The van der Waals surface area contributed by atoms with Gasteiger partial charge in [-0.15, -0.1) is 0 Å². The molecular weight excluding hydrogens is 410 g/mol. The maximum atomic E-state index is 6.11. The van der Waals surface area contributed by atoms with E-state index in [1.807, 2.05) is 45.0 Å². The Balaban J connectivity index is 1.61. The van der Waals surface area contributed by atoms with Gasteiger partial charge in [0.05, 0.1) is 26.4 Å². The van der Waals surface area contributed by atoms with Crippen molar-refractivity contribution in [3.8, 4) is 17.4 Å². The van der Waals surface area contributed by atoms with E-state index in [-0.39, 0.29) is 6.10 Å². The van der Waals surface area contributed by atoms with Crippen molar-refractivity contribution in [3.63, 3.8) is 0 Å². The topological polar surface area (TPSA) is 93.8 Å². The van der Waals surface area contributed by atoms with Gasteiger partial charge < -0.3 is 24.3 Å². The van der Waals surface area contributed by atoms with Gasteiger partial charge in [0.2, 0.25) is 5.88 Å². The summed E-state index contributed by atoms with van der Waals surface area (Å²) in [6, 6.07) is 7.78. The number of rotatable bonds is 9. The van der Waals surface area contributed by atoms with Crippen LogP contribution in [0, 0.1) is 6.92 Å². The lowest BCUT2D eigenvalue weighted by Gasteiger charge is -2.26. The van der Waals surface area contributed by atoms with Crippen LogP contribution in [0.15, 0.2) is 24.3 Å². The second-order valence-corrected chi connectivity index (χ2v) is 8.07. The summed E-state index contributed by atoms with van der Waals surface area (Å²) >= 11 is 0. The highest BCUT2D eigenvalue weighted by atomic mass is 16.5. The maximum Gasteiger partial charge on any atom is 0.223 e. The number of ether oxygens (including phenoxy) is 4. The van der Waals surface area contributed by atoms with E-state index in [9.17, 15) is 0 Å². The highest BCUT2D eigenvalue weighted by Crippen LogP contribution is 2.37. The minimum atomic E-state index is -0.0241. The zero-order chi connectivity index (χ0) is 22.5. The predicted molar refractivity (Wildman–Crippen MR) is 123 cm³/mol. The monoisotopic (exact) mass is 441 g/mol. The fourth-order valence-corrected chi connectivity index (χ4v) is 3.60. The van der Waals surface area contributed by atoms with Gasteiger partial charge in [-0.1, -0.05) is 0 Å². The van der Waals surface area contributed by atoms with Crippen molar-refractivity contribution in [3.05, 3.63) is 30.0 Å². The van der Waals surface area contributed by atoms with E-state index in [1.165, 1.54) is 0 Å². The molecule has 4 rings (SSSR count). The molecule has 1 aliphatic heterocycles. The van der Waals surface area contributed by atoms with E-state index in [1.54, 1.807) is 7.11 Å². The number of methoxy groups -OCH3 is 1. The van der Waals surface area contributed by atoms with E-state index in [2.05, 4.69) is 25.4 Å². The lowest BCUT2D eigenvalue weighted by molar-refractivity contribution is 0.0321. The van der Waals surface area contributed by atoms with Gasteiger partial charge >= 0.3 is 0 Å². The third kappa shape index (κ3) is 5.41. The number of hydrogen-bond acceptors (Lipinski definition) is 8. The molecule has 0 bridgehead atoms. The van der Waals surface area contributed by atoms with E-state index in [4.69, 9.17) is 18.9 Å². The molecule has 1 saturated heterocycles. The number of anilines is 2. The van der Waals surface area contributed by atoms with Crippen molar-refractivity contribution in [2.24, 2.45) is 0 Å². The Kier molecular flexibility index (Phi) is 6.96. The Hall–Kier alpha value is -3.04. The first-order valence-electron chi connectivity index (χ1n) is 10.9. The number of aromatic nitrogens is 3. The molecule has 0 unspecified atom stereocenters. The summed E-state index contributed by atoms with van der Waals surface area (Å²) in [4.78, 5) is 7.01. The van der Waals surface area contributed by atoms with Gasteiger partial charge in [-0.2, -0.15) is 10.1 Å². The Morgan fingerprint density at radius 3 is 2.62 bits per heavy atom. The molecule has 0 atom stereocenters. The van der Waals surface area contributed by atoms with Crippen LogP contribution < -0.4 is 19.5 Å². The highest BCUT2D eigenvalue weighted by Gasteiger charge is 2.16. The second-order valence-electron chi connectivity index (χ2n) is 8.07. The molecule has 0 amide bonds. The first-order chi connectivity index (χ1) is 15.5. The molecule has 1 fully saturated rings. The number of nitrogens with one attached hydrogen (secondary N) is 2. The van der Waals surface area contributed by atoms with Gasteiger partial charge in [0, 0.05) is 36.8 Å². The predicted octanol–water partition coefficient (Wildman–Crippen LogP) is 3.52. The molecule has 0 aliphatic carbocycles. The summed E-state index contributed by atoms with van der Waals surface area (Å²) in [5.41, 5.74) is 0.965. The molecule has 0 spiro atoms. The third-order valence-corrected chi connectivity index (χ3v) is 5.16. The summed E-state index contributed by atoms with van der Waals surface area (Å²) in [7, 11) is 1.64. The van der Waals surface area contributed by atoms with Crippen molar-refractivity contribution < 1.29 is 18.9 Å². The fourth-order valence-electron chi connectivity index (χ4n) is 3.60. The first-order valence-corrected chi connectivity index (χ1v) is 10.9. The van der Waals surface area contributed by atoms with Gasteiger partial charge in [0.15, 0.2) is 17.3 Å². The van der Waals surface area contributed by atoms with Crippen LogP contribution in [0.2, 0.25) is 0 Å². The molecule has 172 valence electrons. The summed E-state index contributed by atoms with van der Waals surface area (Å²) in [5, 5.41) is 12.2. The van der Waals surface area contributed by atoms with E-state index >= 15 is 0 Å². The van der Waals surface area contributed by atoms with Crippen LogP contribution in [0.3, 0.4) is 0 Å². The van der Waals surface area contributed by atoms with Gasteiger partial charge in [0.25, 0.3) is 0 Å². The zero-order valence-electron chi connectivity index (χ0n) is 19.1. The smallest absolute Gasteiger partial charge is 0.223 e. The number of benzene rings is 1. The largest absolute Gasteiger partial charge is 0.493 e. The van der Waals surface area contributed by atoms with Crippen molar-refractivity contribution >= 4 is 22.4 Å². The average Bonchev–Trinajstić information content (AvgIpc) is 3.18. The maximum absolute atomic E-state index is 6.11. The van der Waals surface area contributed by atoms with Crippen LogP contribution in [0.1, 0.15) is 19.5 Å². The molecule has 1 aliphatic rings. The molecule has 2 aromatic heterocycles. The minimum Gasteiger partial charge on any atom is -0.493 e. The molecule has 3 heterocycles. The minimum absolute atomic E-state index is 0.0241. The number of morpholine rings is 1. The number of aryl methyl sites for hydroxylation is 1. The van der Waals surface area contributed by atoms with Crippen molar-refractivity contribution in [1.82, 2.24) is 20.1 Å². The number of pyridine rings is 1. The first kappa shape index (κ1) is 22.2. The zero-order valence-corrected chi connectivity index (χ0v) is 19.1. The summed E-state index contributed by atoms with van der Waals surface area (Å²) in [5.74, 6) is 3.21. The standard InChI is InChI=1S/C23H31N5O4/c1-15(2)32-23-18-14-19(29-4)20(31-10-7-28-5-8-30-9-6-28)12-17(18)13-21(25-23)24-22-11-16(3)26-27-22/h11-15H,5-10H2,1-4H3,(H2,24,25,26,27). The van der Waals surface area contributed by atoms with Crippen LogP contribution >= 0.6 is 0 Å². The molecule has 3 aromatic rings. The Bertz CT molecular complexity index is 1050. The molecule has 0 radical (unpaired) electrons. The SMILES string of the molecule is COc1cc2c(OC(C)C)nc(Nc3cc(C)[nH]n3)cc2cc1OCCN1CCOCC1. The van der Waals surface area contributed by atoms with Gasteiger partial charge in [-0.25, -0.2) is 0 Å².